The molecule has 0 saturated carbocycles. The van der Waals surface area contributed by atoms with Gasteiger partial charge in [0.1, 0.15) is 5.69 Å². The normalized spacial score (nSPS) is 11.4. The van der Waals surface area contributed by atoms with Gasteiger partial charge in [-0.15, -0.1) is 0 Å². The molecule has 0 saturated heterocycles. The summed E-state index contributed by atoms with van der Waals surface area (Å²) >= 11 is 0. The fraction of sp³-hybridized carbons (Fsp3) is 0. The Hall–Kier alpha value is -4.00. The Kier molecular flexibility index (Phi) is 3.89. The molecule has 2 N–H and O–H groups in total. The number of nitro groups is 1. The Morgan fingerprint density at radius 3 is 2.04 bits per heavy atom. The Morgan fingerprint density at radius 2 is 1.44 bits per heavy atom. The first kappa shape index (κ1) is 16.5. The van der Waals surface area contributed by atoms with Gasteiger partial charge in [-0.1, -0.05) is 54.6 Å². The van der Waals surface area contributed by atoms with Gasteiger partial charge in [0, 0.05) is 0 Å². The highest BCUT2D eigenvalue weighted by Gasteiger charge is 2.19. The summed E-state index contributed by atoms with van der Waals surface area (Å²) in [7, 11) is 0. The van der Waals surface area contributed by atoms with Gasteiger partial charge >= 0.3 is 16.9 Å². The summed E-state index contributed by atoms with van der Waals surface area (Å²) in [6, 6.07) is 17.6. The lowest BCUT2D eigenvalue weighted by atomic mass is 9.96. The summed E-state index contributed by atoms with van der Waals surface area (Å²) in [5.74, 6) is 0. The summed E-state index contributed by atoms with van der Waals surface area (Å²) in [5.41, 5.74) is -1.83. The number of benzene rings is 3. The summed E-state index contributed by atoms with van der Waals surface area (Å²) in [6.45, 7) is 0. The molecule has 7 heteroatoms. The Labute approximate surface area is 151 Å². The third kappa shape index (κ3) is 2.91. The molecule has 0 fully saturated rings. The zero-order chi connectivity index (χ0) is 19.0. The second kappa shape index (κ2) is 6.38. The molecule has 1 heterocycles. The molecule has 0 aliphatic carbocycles. The minimum atomic E-state index is -1.04. The van der Waals surface area contributed by atoms with E-state index in [4.69, 9.17) is 0 Å². The highest BCUT2D eigenvalue weighted by Crippen LogP contribution is 2.30. The molecule has 0 atom stereocenters. The standard InChI is InChI=1S/C20H13N3O4/c24-19-18(23(26)27)17(21-20(25)22-19)10-9-16-14-7-3-1-5-12(14)11-13-6-2-4-8-15(13)16/h1-11H,(H2,21,22,24,25)/b10-9+. The molecule has 132 valence electrons. The van der Waals surface area contributed by atoms with Gasteiger partial charge in [0.15, 0.2) is 0 Å². The van der Waals surface area contributed by atoms with Crippen molar-refractivity contribution in [2.24, 2.45) is 0 Å². The lowest BCUT2D eigenvalue weighted by molar-refractivity contribution is -0.386. The van der Waals surface area contributed by atoms with E-state index in [1.54, 1.807) is 6.08 Å². The highest BCUT2D eigenvalue weighted by molar-refractivity contribution is 6.07. The van der Waals surface area contributed by atoms with Crippen molar-refractivity contribution in [3.8, 4) is 0 Å². The molecule has 0 unspecified atom stereocenters. The van der Waals surface area contributed by atoms with E-state index in [2.05, 4.69) is 11.1 Å². The van der Waals surface area contributed by atoms with Crippen molar-refractivity contribution in [1.82, 2.24) is 9.97 Å². The van der Waals surface area contributed by atoms with Crippen molar-refractivity contribution < 1.29 is 4.92 Å². The van der Waals surface area contributed by atoms with Crippen LogP contribution in [0.4, 0.5) is 5.69 Å². The smallest absolute Gasteiger partial charge is 0.301 e. The minimum Gasteiger partial charge on any atom is -0.301 e. The molecular weight excluding hydrogens is 346 g/mol. The van der Waals surface area contributed by atoms with E-state index in [-0.39, 0.29) is 5.69 Å². The van der Waals surface area contributed by atoms with Gasteiger partial charge < -0.3 is 4.98 Å². The van der Waals surface area contributed by atoms with Crippen LogP contribution in [0.15, 0.2) is 64.2 Å². The van der Waals surface area contributed by atoms with Crippen LogP contribution in [-0.2, 0) is 0 Å². The van der Waals surface area contributed by atoms with Crippen LogP contribution in [0.3, 0.4) is 0 Å². The second-order valence-electron chi connectivity index (χ2n) is 5.99. The largest absolute Gasteiger partial charge is 0.357 e. The van der Waals surface area contributed by atoms with Crippen molar-refractivity contribution >= 4 is 39.4 Å². The lowest BCUT2D eigenvalue weighted by Gasteiger charge is -2.08. The van der Waals surface area contributed by atoms with E-state index in [9.17, 15) is 19.7 Å². The zero-order valence-corrected chi connectivity index (χ0v) is 13.9. The number of fused-ring (bicyclic) bond motifs is 2. The third-order valence-electron chi connectivity index (χ3n) is 4.36. The van der Waals surface area contributed by atoms with E-state index >= 15 is 0 Å². The molecule has 1 aromatic heterocycles. The molecule has 0 aliphatic rings. The molecular formula is C20H13N3O4. The van der Waals surface area contributed by atoms with Gasteiger partial charge in [-0.2, -0.15) is 0 Å². The van der Waals surface area contributed by atoms with Crippen LogP contribution < -0.4 is 11.2 Å². The molecule has 0 bridgehead atoms. The van der Waals surface area contributed by atoms with Gasteiger partial charge in [0.05, 0.1) is 4.92 Å². The Morgan fingerprint density at radius 1 is 0.852 bits per heavy atom. The molecule has 3 aromatic carbocycles. The maximum Gasteiger partial charge on any atom is 0.357 e. The molecule has 4 rings (SSSR count). The van der Waals surface area contributed by atoms with Crippen LogP contribution in [0.5, 0.6) is 0 Å². The summed E-state index contributed by atoms with van der Waals surface area (Å²) < 4.78 is 0. The van der Waals surface area contributed by atoms with Crippen molar-refractivity contribution in [3.63, 3.8) is 0 Å². The van der Waals surface area contributed by atoms with Crippen molar-refractivity contribution in [2.75, 3.05) is 0 Å². The number of nitrogens with zero attached hydrogens (tertiary/aromatic N) is 1. The van der Waals surface area contributed by atoms with E-state index < -0.39 is 21.9 Å². The van der Waals surface area contributed by atoms with Gasteiger partial charge in [-0.05, 0) is 39.3 Å². The number of H-pyrrole nitrogens is 2. The fourth-order valence-electron chi connectivity index (χ4n) is 3.19. The van der Waals surface area contributed by atoms with Crippen LogP contribution in [0, 0.1) is 10.1 Å². The lowest BCUT2D eigenvalue weighted by Crippen LogP contribution is -2.25. The van der Waals surface area contributed by atoms with Crippen LogP contribution in [-0.4, -0.2) is 14.9 Å². The maximum atomic E-state index is 11.8. The van der Waals surface area contributed by atoms with Crippen LogP contribution in [0.25, 0.3) is 33.7 Å². The average Bonchev–Trinajstić information content (AvgIpc) is 2.64. The first-order valence-electron chi connectivity index (χ1n) is 8.14. The highest BCUT2D eigenvalue weighted by atomic mass is 16.6. The quantitative estimate of drug-likeness (QED) is 0.332. The Bertz CT molecular complexity index is 1290. The van der Waals surface area contributed by atoms with Crippen LogP contribution in [0.1, 0.15) is 11.3 Å². The van der Waals surface area contributed by atoms with Crippen molar-refractivity contribution in [2.45, 2.75) is 0 Å². The Balaban J connectivity index is 2.00. The van der Waals surface area contributed by atoms with Gasteiger partial charge in [0.2, 0.25) is 0 Å². The van der Waals surface area contributed by atoms with Gasteiger partial charge in [-0.25, -0.2) is 4.79 Å². The third-order valence-corrected chi connectivity index (χ3v) is 4.36. The predicted molar refractivity (Wildman–Crippen MR) is 105 cm³/mol. The molecule has 0 aliphatic heterocycles. The number of rotatable bonds is 3. The topological polar surface area (TPSA) is 109 Å². The molecule has 7 nitrogen and oxygen atoms in total. The van der Waals surface area contributed by atoms with Crippen molar-refractivity contribution in [1.29, 1.82) is 0 Å². The average molecular weight is 359 g/mol. The predicted octanol–water partition coefficient (Wildman–Crippen LogP) is 3.45. The number of aromatic nitrogens is 2. The molecule has 27 heavy (non-hydrogen) atoms. The van der Waals surface area contributed by atoms with E-state index in [0.29, 0.717) is 0 Å². The number of nitrogens with one attached hydrogen (secondary N) is 2. The number of hydrogen-bond donors (Lipinski definition) is 2. The van der Waals surface area contributed by atoms with E-state index in [0.717, 1.165) is 27.1 Å². The van der Waals surface area contributed by atoms with Gasteiger partial charge in [-0.3, -0.25) is 19.9 Å². The van der Waals surface area contributed by atoms with Crippen molar-refractivity contribution in [3.05, 3.63) is 96.8 Å². The second-order valence-corrected chi connectivity index (χ2v) is 5.99. The monoisotopic (exact) mass is 359 g/mol. The first-order valence-corrected chi connectivity index (χ1v) is 8.14. The van der Waals surface area contributed by atoms with Gasteiger partial charge in [0.25, 0.3) is 0 Å². The SMILES string of the molecule is O=c1[nH]c(/C=C/c2c3ccccc3cc3ccccc23)c([N+](=O)[O-])c(=O)[nH]1. The fourth-order valence-corrected chi connectivity index (χ4v) is 3.19. The van der Waals surface area contributed by atoms with Crippen LogP contribution in [0.2, 0.25) is 0 Å². The summed E-state index contributed by atoms with van der Waals surface area (Å²) in [4.78, 5) is 38.0. The minimum absolute atomic E-state index is 0.147. The summed E-state index contributed by atoms with van der Waals surface area (Å²) in [6.07, 6.45) is 3.07. The molecule has 4 aromatic rings. The zero-order valence-electron chi connectivity index (χ0n) is 13.9. The number of hydrogen-bond acceptors (Lipinski definition) is 4. The molecule has 0 amide bonds. The first-order chi connectivity index (χ1) is 13.0. The molecule has 0 spiro atoms. The maximum absolute atomic E-state index is 11.8. The van der Waals surface area contributed by atoms with Crippen LogP contribution >= 0.6 is 0 Å². The number of aromatic amines is 2. The van der Waals surface area contributed by atoms with E-state index in [1.807, 2.05) is 53.5 Å². The molecule has 0 radical (unpaired) electrons. The van der Waals surface area contributed by atoms with E-state index in [1.165, 1.54) is 6.08 Å². The summed E-state index contributed by atoms with van der Waals surface area (Å²) in [5, 5.41) is 15.2.